The quantitative estimate of drug-likeness (QED) is 0.570. The minimum absolute atomic E-state index is 0.154. The average Bonchev–Trinajstić information content (AvgIpc) is 3.04. The van der Waals surface area contributed by atoms with Crippen LogP contribution in [0.3, 0.4) is 0 Å². The number of amides is 1. The van der Waals surface area contributed by atoms with Crippen LogP contribution in [0.5, 0.6) is 0 Å². The summed E-state index contributed by atoms with van der Waals surface area (Å²) < 4.78 is 2.68. The highest BCUT2D eigenvalue weighted by Gasteiger charge is 2.37. The molecular weight excluding hydrogens is 462 g/mol. The van der Waals surface area contributed by atoms with Crippen LogP contribution in [0.4, 0.5) is 5.69 Å². The molecule has 2 N–H and O–H groups in total. The zero-order valence-corrected chi connectivity index (χ0v) is 18.3. The summed E-state index contributed by atoms with van der Waals surface area (Å²) in [7, 11) is 0. The van der Waals surface area contributed by atoms with Crippen LogP contribution in [0.2, 0.25) is 5.02 Å². The number of carbonyl (C=O) groups excluding carboxylic acids is 1. The topological polar surface area (TPSA) is 71.8 Å². The summed E-state index contributed by atoms with van der Waals surface area (Å²) in [6.45, 7) is 3.91. The lowest BCUT2D eigenvalue weighted by Crippen LogP contribution is -2.41. The fraction of sp³-hybridized carbons (Fsp3) is 0.211. The molecule has 144 valence electrons. The molecule has 9 heteroatoms. The van der Waals surface area contributed by atoms with Gasteiger partial charge in [0.2, 0.25) is 11.1 Å². The Morgan fingerprint density at radius 1 is 1.21 bits per heavy atom. The average molecular weight is 479 g/mol. The molecule has 1 aliphatic rings. The van der Waals surface area contributed by atoms with Crippen molar-refractivity contribution in [3.05, 3.63) is 68.9 Å². The standard InChI is InChI=1S/C19H17BrClN5OS/c1-10-3-5-12(6-4-10)16-17(28-19-24-23-11(2)26(19)25-16)18(27)22-15-8-7-13(20)9-14(15)21/h3-9,16-17,25H,1-2H3,(H,22,27)/t16-,17+/m1/s1. The number of thioether (sulfide) groups is 1. The van der Waals surface area contributed by atoms with Crippen LogP contribution in [0, 0.1) is 13.8 Å². The number of fused-ring (bicyclic) bond motifs is 1. The van der Waals surface area contributed by atoms with Gasteiger partial charge in [-0.2, -0.15) is 0 Å². The zero-order chi connectivity index (χ0) is 19.8. The third kappa shape index (κ3) is 3.76. The predicted molar refractivity (Wildman–Crippen MR) is 115 cm³/mol. The Balaban J connectivity index is 1.67. The molecular formula is C19H17BrClN5OS. The van der Waals surface area contributed by atoms with Crippen molar-refractivity contribution in [1.82, 2.24) is 14.9 Å². The first-order chi connectivity index (χ1) is 13.4. The van der Waals surface area contributed by atoms with Crippen molar-refractivity contribution in [3.8, 4) is 0 Å². The van der Waals surface area contributed by atoms with Gasteiger partial charge >= 0.3 is 0 Å². The lowest BCUT2D eigenvalue weighted by atomic mass is 10.0. The van der Waals surface area contributed by atoms with E-state index < -0.39 is 5.25 Å². The molecule has 1 aliphatic heterocycles. The summed E-state index contributed by atoms with van der Waals surface area (Å²) in [5, 5.41) is 11.9. The maximum absolute atomic E-state index is 13.2. The smallest absolute Gasteiger partial charge is 0.240 e. The van der Waals surface area contributed by atoms with Crippen LogP contribution < -0.4 is 10.7 Å². The summed E-state index contributed by atoms with van der Waals surface area (Å²) in [6, 6.07) is 13.3. The van der Waals surface area contributed by atoms with E-state index in [1.807, 2.05) is 48.9 Å². The summed E-state index contributed by atoms with van der Waals surface area (Å²) >= 11 is 11.0. The summed E-state index contributed by atoms with van der Waals surface area (Å²) in [5.41, 5.74) is 6.14. The number of anilines is 1. The van der Waals surface area contributed by atoms with Crippen molar-refractivity contribution in [3.63, 3.8) is 0 Å². The molecule has 3 aromatic rings. The van der Waals surface area contributed by atoms with Crippen molar-refractivity contribution in [2.24, 2.45) is 0 Å². The monoisotopic (exact) mass is 477 g/mol. The minimum atomic E-state index is -0.446. The largest absolute Gasteiger partial charge is 0.324 e. The third-order valence-corrected chi connectivity index (χ3v) is 6.50. The number of hydrogen-bond donors (Lipinski definition) is 2. The second-order valence-electron chi connectivity index (χ2n) is 6.53. The van der Waals surface area contributed by atoms with Gasteiger partial charge in [0.15, 0.2) is 0 Å². The van der Waals surface area contributed by atoms with Crippen LogP contribution in [0.25, 0.3) is 0 Å². The highest BCUT2D eigenvalue weighted by Crippen LogP contribution is 2.38. The first-order valence-corrected chi connectivity index (χ1v) is 10.6. The maximum atomic E-state index is 13.2. The number of carbonyl (C=O) groups is 1. The van der Waals surface area contributed by atoms with Gasteiger partial charge < -0.3 is 10.7 Å². The third-order valence-electron chi connectivity index (χ3n) is 4.48. The number of halogens is 2. The molecule has 4 rings (SSSR count). The Hall–Kier alpha value is -2.03. The van der Waals surface area contributed by atoms with Crippen molar-refractivity contribution < 1.29 is 4.79 Å². The van der Waals surface area contributed by atoms with E-state index in [1.165, 1.54) is 11.8 Å². The lowest BCUT2D eigenvalue weighted by molar-refractivity contribution is -0.116. The molecule has 2 atom stereocenters. The summed E-state index contributed by atoms with van der Waals surface area (Å²) in [4.78, 5) is 13.2. The van der Waals surface area contributed by atoms with E-state index in [9.17, 15) is 4.79 Å². The van der Waals surface area contributed by atoms with E-state index in [2.05, 4.69) is 36.9 Å². The van der Waals surface area contributed by atoms with E-state index in [1.54, 1.807) is 12.1 Å². The Bertz CT molecular complexity index is 1040. The van der Waals surface area contributed by atoms with Crippen molar-refractivity contribution in [1.29, 1.82) is 0 Å². The number of nitrogens with zero attached hydrogens (tertiary/aromatic N) is 3. The van der Waals surface area contributed by atoms with Crippen LogP contribution in [0.1, 0.15) is 23.0 Å². The zero-order valence-electron chi connectivity index (χ0n) is 15.1. The molecule has 0 spiro atoms. The van der Waals surface area contributed by atoms with E-state index in [4.69, 9.17) is 11.6 Å². The number of rotatable bonds is 3. The predicted octanol–water partition coefficient (Wildman–Crippen LogP) is 4.71. The van der Waals surface area contributed by atoms with Gasteiger partial charge in [-0.05, 0) is 37.6 Å². The summed E-state index contributed by atoms with van der Waals surface area (Å²) in [6.07, 6.45) is 0. The van der Waals surface area contributed by atoms with Gasteiger partial charge in [-0.1, -0.05) is 69.1 Å². The molecule has 0 bridgehead atoms. The fourth-order valence-corrected chi connectivity index (χ4v) is 4.83. The van der Waals surface area contributed by atoms with Gasteiger partial charge in [0.25, 0.3) is 0 Å². The molecule has 1 aromatic heterocycles. The molecule has 2 aromatic carbocycles. The van der Waals surface area contributed by atoms with Gasteiger partial charge in [0, 0.05) is 4.47 Å². The second kappa shape index (κ2) is 7.77. The number of benzene rings is 2. The molecule has 2 heterocycles. The van der Waals surface area contributed by atoms with E-state index in [0.717, 1.165) is 21.4 Å². The summed E-state index contributed by atoms with van der Waals surface area (Å²) in [5.74, 6) is 0.591. The van der Waals surface area contributed by atoms with Gasteiger partial charge in [-0.3, -0.25) is 4.79 Å². The highest BCUT2D eigenvalue weighted by molar-refractivity contribution is 9.10. The SMILES string of the molecule is Cc1ccc([C@H]2Nn3c(C)nnc3S[C@@H]2C(=O)Nc2ccc(Br)cc2Cl)cc1. The first kappa shape index (κ1) is 19.3. The molecule has 0 saturated carbocycles. The van der Waals surface area contributed by atoms with Gasteiger partial charge in [-0.15, -0.1) is 10.2 Å². The van der Waals surface area contributed by atoms with E-state index in [-0.39, 0.29) is 11.9 Å². The number of aryl methyl sites for hydroxylation is 2. The van der Waals surface area contributed by atoms with Gasteiger partial charge in [0.05, 0.1) is 16.8 Å². The molecule has 0 aliphatic carbocycles. The normalized spacial score (nSPS) is 18.3. The molecule has 0 radical (unpaired) electrons. The Kier molecular flexibility index (Phi) is 5.35. The van der Waals surface area contributed by atoms with Gasteiger partial charge in [0.1, 0.15) is 11.1 Å². The molecule has 6 nitrogen and oxygen atoms in total. The fourth-order valence-electron chi connectivity index (χ4n) is 2.98. The number of aromatic nitrogens is 3. The van der Waals surface area contributed by atoms with Gasteiger partial charge in [-0.25, -0.2) is 4.68 Å². The lowest BCUT2D eigenvalue weighted by Gasteiger charge is -2.32. The van der Waals surface area contributed by atoms with Crippen LogP contribution in [-0.2, 0) is 4.79 Å². The van der Waals surface area contributed by atoms with Crippen molar-refractivity contribution >= 4 is 50.9 Å². The first-order valence-electron chi connectivity index (χ1n) is 8.60. The van der Waals surface area contributed by atoms with Crippen LogP contribution in [0.15, 0.2) is 52.1 Å². The number of hydrogen-bond acceptors (Lipinski definition) is 5. The Morgan fingerprint density at radius 2 is 1.96 bits per heavy atom. The maximum Gasteiger partial charge on any atom is 0.240 e. The molecule has 28 heavy (non-hydrogen) atoms. The molecule has 1 amide bonds. The van der Waals surface area contributed by atoms with E-state index in [0.29, 0.717) is 15.9 Å². The molecule has 0 saturated heterocycles. The highest BCUT2D eigenvalue weighted by atomic mass is 79.9. The second-order valence-corrected chi connectivity index (χ2v) is 8.97. The Morgan fingerprint density at radius 3 is 2.68 bits per heavy atom. The van der Waals surface area contributed by atoms with Crippen molar-refractivity contribution in [2.45, 2.75) is 30.3 Å². The van der Waals surface area contributed by atoms with E-state index >= 15 is 0 Å². The molecule has 0 unspecified atom stereocenters. The Labute approximate surface area is 180 Å². The molecule has 0 fully saturated rings. The van der Waals surface area contributed by atoms with Crippen molar-refractivity contribution in [2.75, 3.05) is 10.7 Å². The van der Waals surface area contributed by atoms with Crippen LogP contribution >= 0.6 is 39.3 Å². The van der Waals surface area contributed by atoms with Crippen LogP contribution in [-0.4, -0.2) is 26.0 Å². The number of nitrogens with one attached hydrogen (secondary N) is 2. The minimum Gasteiger partial charge on any atom is -0.324 e.